The number of nitrogens with one attached hydrogen (secondary N) is 2. The molecule has 2 aromatic rings. The van der Waals surface area contributed by atoms with Crippen LogP contribution in [0.25, 0.3) is 0 Å². The molecule has 1 aliphatic carbocycles. The molecule has 0 fully saturated rings. The number of ether oxygens (including phenoxy) is 1. The second-order valence-corrected chi connectivity index (χ2v) is 10.4. The summed E-state index contributed by atoms with van der Waals surface area (Å²) < 4.78 is 60.6. The number of benzene rings is 2. The van der Waals surface area contributed by atoms with E-state index in [1.54, 1.807) is 18.2 Å². The number of methoxy groups -OCH3 is 1. The molecule has 1 aliphatic heterocycles. The van der Waals surface area contributed by atoms with Crippen molar-refractivity contribution in [2.45, 2.75) is 28.6 Å². The van der Waals surface area contributed by atoms with Crippen molar-refractivity contribution >= 4 is 49.6 Å². The molecule has 1 unspecified atom stereocenters. The quantitative estimate of drug-likeness (QED) is 0.700. The minimum absolute atomic E-state index is 0.0945. The average molecular weight is 470 g/mol. The molecule has 1 amide bonds. The topological polar surface area (TPSA) is 131 Å². The summed E-state index contributed by atoms with van der Waals surface area (Å²) in [5.41, 5.74) is 1.65. The van der Waals surface area contributed by atoms with E-state index < -0.39 is 36.8 Å². The van der Waals surface area contributed by atoms with Gasteiger partial charge in [0.25, 0.3) is 20.0 Å². The number of hydrogen-bond donors (Lipinski definition) is 2. The molecule has 9 nitrogen and oxygen atoms in total. The molecule has 1 heterocycles. The maximum Gasteiger partial charge on any atom is 0.285 e. The fourth-order valence-corrected chi connectivity index (χ4v) is 6.25. The fraction of sp³-hybridized carbons (Fsp3) is 0.222. The molecule has 1 atom stereocenters. The molecule has 0 aromatic heterocycles. The van der Waals surface area contributed by atoms with E-state index in [1.165, 1.54) is 7.11 Å². The molecule has 0 saturated carbocycles. The van der Waals surface area contributed by atoms with Crippen molar-refractivity contribution in [2.24, 2.45) is 4.40 Å². The summed E-state index contributed by atoms with van der Waals surface area (Å²) in [5, 5.41) is 2.36. The Morgan fingerprint density at radius 1 is 1.33 bits per heavy atom. The number of carbonyl (C=O) groups excluding carboxylic acids is 1. The van der Waals surface area contributed by atoms with Gasteiger partial charge < -0.3 is 10.1 Å². The monoisotopic (exact) mass is 469 g/mol. The summed E-state index contributed by atoms with van der Waals surface area (Å²) in [6, 6.07) is 7.31. The average Bonchev–Trinajstić information content (AvgIpc) is 3.11. The predicted molar refractivity (Wildman–Crippen MR) is 110 cm³/mol. The first-order chi connectivity index (χ1) is 14.1. The molecule has 0 radical (unpaired) electrons. The summed E-state index contributed by atoms with van der Waals surface area (Å²) >= 11 is 6.08. The maximum absolute atomic E-state index is 12.9. The Hall–Kier alpha value is -2.63. The van der Waals surface area contributed by atoms with Crippen LogP contribution in [0.4, 0.5) is 5.69 Å². The Kier molecular flexibility index (Phi) is 4.99. The van der Waals surface area contributed by atoms with Crippen molar-refractivity contribution < 1.29 is 26.4 Å². The molecule has 0 saturated heterocycles. The molecule has 2 N–H and O–H groups in total. The third-order valence-electron chi connectivity index (χ3n) is 5.01. The Balaban J connectivity index is 1.67. The van der Waals surface area contributed by atoms with E-state index >= 15 is 0 Å². The molecule has 2 aromatic carbocycles. The highest BCUT2D eigenvalue weighted by atomic mass is 35.5. The zero-order valence-corrected chi connectivity index (χ0v) is 17.9. The standard InChI is InChI=1S/C18H16ClN3O6S2/c1-28-15-4-2-3-10-11(15)5-6-12(10)18(23)22-30(26,27)16-8-17-14(7-13(16)19)20-9-21-29(17,24)25/h2-4,7-9,12H,5-6H2,1H3,(H,20,21)(H,22,23). The van der Waals surface area contributed by atoms with Crippen molar-refractivity contribution in [1.82, 2.24) is 4.72 Å². The second kappa shape index (κ2) is 7.25. The van der Waals surface area contributed by atoms with Crippen molar-refractivity contribution in [3.8, 4) is 5.75 Å². The minimum Gasteiger partial charge on any atom is -0.496 e. The highest BCUT2D eigenvalue weighted by molar-refractivity contribution is 7.91. The summed E-state index contributed by atoms with van der Waals surface area (Å²) in [6.45, 7) is 0. The van der Waals surface area contributed by atoms with Gasteiger partial charge >= 0.3 is 0 Å². The third kappa shape index (κ3) is 3.42. The second-order valence-electron chi connectivity index (χ2n) is 6.72. The lowest BCUT2D eigenvalue weighted by Crippen LogP contribution is -2.34. The Morgan fingerprint density at radius 2 is 2.10 bits per heavy atom. The van der Waals surface area contributed by atoms with Gasteiger partial charge in [-0.05, 0) is 42.2 Å². The van der Waals surface area contributed by atoms with Crippen molar-refractivity contribution in [1.29, 1.82) is 0 Å². The Bertz CT molecular complexity index is 1310. The summed E-state index contributed by atoms with van der Waals surface area (Å²) in [4.78, 5) is 11.9. The molecule has 4 rings (SSSR count). The van der Waals surface area contributed by atoms with Crippen LogP contribution in [0, 0.1) is 0 Å². The van der Waals surface area contributed by atoms with Crippen molar-refractivity contribution in [3.63, 3.8) is 0 Å². The number of carbonyl (C=O) groups is 1. The Labute approximate surface area is 178 Å². The van der Waals surface area contributed by atoms with Gasteiger partial charge in [0.2, 0.25) is 5.91 Å². The van der Waals surface area contributed by atoms with Crippen LogP contribution in [-0.4, -0.2) is 36.2 Å². The lowest BCUT2D eigenvalue weighted by atomic mass is 10.0. The van der Waals surface area contributed by atoms with Crippen LogP contribution in [0.1, 0.15) is 23.5 Å². The van der Waals surface area contributed by atoms with Crippen LogP contribution < -0.4 is 14.8 Å². The van der Waals surface area contributed by atoms with Gasteiger partial charge in [-0.2, -0.15) is 8.42 Å². The van der Waals surface area contributed by atoms with Gasteiger partial charge in [-0.1, -0.05) is 23.7 Å². The van der Waals surface area contributed by atoms with Gasteiger partial charge in [0.05, 0.1) is 23.7 Å². The van der Waals surface area contributed by atoms with Gasteiger partial charge in [-0.25, -0.2) is 13.1 Å². The number of rotatable bonds is 4. The summed E-state index contributed by atoms with van der Waals surface area (Å²) in [7, 11) is -6.99. The zero-order valence-electron chi connectivity index (χ0n) is 15.5. The van der Waals surface area contributed by atoms with E-state index in [9.17, 15) is 21.6 Å². The number of hydrogen-bond acceptors (Lipinski definition) is 7. The summed E-state index contributed by atoms with van der Waals surface area (Å²) in [5.74, 6) is -0.771. The van der Waals surface area contributed by atoms with Crippen molar-refractivity contribution in [2.75, 3.05) is 12.4 Å². The zero-order chi connectivity index (χ0) is 21.7. The van der Waals surface area contributed by atoms with Crippen LogP contribution in [0.2, 0.25) is 5.02 Å². The number of nitrogens with zero attached hydrogens (tertiary/aromatic N) is 1. The SMILES string of the molecule is COc1cccc2c1CCC2C(=O)NS(=O)(=O)c1cc2c(cc1Cl)NC=NS2(=O)=O. The van der Waals surface area contributed by atoms with Crippen LogP contribution in [-0.2, 0) is 31.3 Å². The van der Waals surface area contributed by atoms with E-state index in [2.05, 4.69) is 9.71 Å². The van der Waals surface area contributed by atoms with Gasteiger partial charge in [-0.15, -0.1) is 4.40 Å². The summed E-state index contributed by atoms with van der Waals surface area (Å²) in [6.07, 6.45) is 1.96. The van der Waals surface area contributed by atoms with Gasteiger partial charge in [0, 0.05) is 0 Å². The van der Waals surface area contributed by atoms with Crippen LogP contribution in [0.5, 0.6) is 5.75 Å². The lowest BCUT2D eigenvalue weighted by molar-refractivity contribution is -0.120. The number of fused-ring (bicyclic) bond motifs is 2. The van der Waals surface area contributed by atoms with Crippen LogP contribution in [0.15, 0.2) is 44.5 Å². The molecule has 0 bridgehead atoms. The smallest absolute Gasteiger partial charge is 0.285 e. The van der Waals surface area contributed by atoms with Gasteiger partial charge in [0.1, 0.15) is 21.9 Å². The molecular formula is C18H16ClN3O6S2. The van der Waals surface area contributed by atoms with Gasteiger partial charge in [0.15, 0.2) is 0 Å². The van der Waals surface area contributed by atoms with Crippen LogP contribution >= 0.6 is 11.6 Å². The number of amides is 1. The first kappa shape index (κ1) is 20.6. The molecule has 12 heteroatoms. The number of anilines is 1. The fourth-order valence-electron chi connectivity index (χ4n) is 3.63. The first-order valence-corrected chi connectivity index (χ1v) is 12.1. The van der Waals surface area contributed by atoms with E-state index in [4.69, 9.17) is 16.3 Å². The van der Waals surface area contributed by atoms with E-state index in [0.717, 1.165) is 24.0 Å². The predicted octanol–water partition coefficient (Wildman–Crippen LogP) is 2.03. The van der Waals surface area contributed by atoms with Gasteiger partial charge in [-0.3, -0.25) is 4.79 Å². The largest absolute Gasteiger partial charge is 0.496 e. The van der Waals surface area contributed by atoms with E-state index in [-0.39, 0.29) is 15.6 Å². The highest BCUT2D eigenvalue weighted by Gasteiger charge is 2.34. The lowest BCUT2D eigenvalue weighted by Gasteiger charge is -2.17. The minimum atomic E-state index is -4.44. The molecular weight excluding hydrogens is 454 g/mol. The third-order valence-corrected chi connectivity index (χ3v) is 8.10. The van der Waals surface area contributed by atoms with Crippen molar-refractivity contribution in [3.05, 3.63) is 46.5 Å². The maximum atomic E-state index is 12.9. The molecule has 0 spiro atoms. The molecule has 2 aliphatic rings. The highest BCUT2D eigenvalue weighted by Crippen LogP contribution is 2.39. The Morgan fingerprint density at radius 3 is 2.83 bits per heavy atom. The van der Waals surface area contributed by atoms with E-state index in [1.807, 2.05) is 4.72 Å². The normalized spacial score (nSPS) is 18.8. The first-order valence-electron chi connectivity index (χ1n) is 8.75. The van der Waals surface area contributed by atoms with Crippen LogP contribution in [0.3, 0.4) is 0 Å². The molecule has 158 valence electrons. The van der Waals surface area contributed by atoms with E-state index in [0.29, 0.717) is 24.2 Å². The molecule has 30 heavy (non-hydrogen) atoms. The number of sulfonamides is 2. The number of halogens is 1.